The number of anilines is 3. The molecule has 40 heavy (non-hydrogen) atoms. The summed E-state index contributed by atoms with van der Waals surface area (Å²) in [6, 6.07) is 18.3. The summed E-state index contributed by atoms with van der Waals surface area (Å²) < 4.78 is 1.46. The molecule has 0 saturated heterocycles. The average molecular weight is 537 g/mol. The first-order chi connectivity index (χ1) is 19.1. The summed E-state index contributed by atoms with van der Waals surface area (Å²) in [5.41, 5.74) is 5.21. The van der Waals surface area contributed by atoms with E-state index < -0.39 is 22.8 Å². The molecule has 0 saturated carbocycles. The lowest BCUT2D eigenvalue weighted by Gasteiger charge is -2.30. The van der Waals surface area contributed by atoms with Crippen LogP contribution in [-0.4, -0.2) is 26.5 Å². The number of fused-ring (bicyclic) bond motifs is 1. The van der Waals surface area contributed by atoms with E-state index in [4.69, 9.17) is 0 Å². The normalized spacial score (nSPS) is 14.2. The molecule has 0 aliphatic carbocycles. The van der Waals surface area contributed by atoms with E-state index in [-0.39, 0.29) is 22.4 Å². The largest absolute Gasteiger partial charge is 0.343 e. The van der Waals surface area contributed by atoms with Gasteiger partial charge < -0.3 is 16.0 Å². The number of amides is 2. The summed E-state index contributed by atoms with van der Waals surface area (Å²) in [6.07, 6.45) is 1.40. The molecule has 202 valence electrons. The molecule has 5 rings (SSSR count). The number of para-hydroxylation sites is 1. The van der Waals surface area contributed by atoms with Gasteiger partial charge in [0.05, 0.1) is 22.3 Å². The topological polar surface area (TPSA) is 131 Å². The third-order valence-corrected chi connectivity index (χ3v) is 6.85. The first-order valence-corrected chi connectivity index (χ1v) is 12.7. The number of aromatic nitrogens is 2. The molecule has 1 aliphatic rings. The Labute approximate surface area is 230 Å². The first-order valence-electron chi connectivity index (χ1n) is 12.7. The van der Waals surface area contributed by atoms with Crippen LogP contribution in [0.25, 0.3) is 0 Å². The summed E-state index contributed by atoms with van der Waals surface area (Å²) in [6.45, 7) is 7.49. The number of nitrogens with zero attached hydrogens (tertiary/aromatic N) is 3. The van der Waals surface area contributed by atoms with Gasteiger partial charge in [-0.25, -0.2) is 4.68 Å². The van der Waals surface area contributed by atoms with E-state index in [1.165, 1.54) is 16.9 Å². The van der Waals surface area contributed by atoms with Crippen LogP contribution in [-0.2, 0) is 4.79 Å². The smallest absolute Gasteiger partial charge is 0.275 e. The number of hydrogen-bond acceptors (Lipinski definition) is 6. The van der Waals surface area contributed by atoms with Crippen LogP contribution in [0.3, 0.4) is 0 Å². The maximum Gasteiger partial charge on any atom is 0.275 e. The Kier molecular flexibility index (Phi) is 6.91. The number of rotatable bonds is 6. The van der Waals surface area contributed by atoms with Crippen LogP contribution < -0.4 is 16.0 Å². The van der Waals surface area contributed by atoms with Gasteiger partial charge in [0.15, 0.2) is 0 Å². The molecule has 1 atom stereocenters. The zero-order valence-corrected chi connectivity index (χ0v) is 22.5. The molecular formula is C30H28N6O4. The summed E-state index contributed by atoms with van der Waals surface area (Å²) in [5.74, 6) is -0.516. The molecule has 10 heteroatoms. The molecule has 1 aromatic heterocycles. The minimum Gasteiger partial charge on any atom is -0.343 e. The van der Waals surface area contributed by atoms with Gasteiger partial charge in [-0.2, -0.15) is 5.10 Å². The fourth-order valence-electron chi connectivity index (χ4n) is 4.95. The Balaban J connectivity index is 1.60. The van der Waals surface area contributed by atoms with Crippen LogP contribution in [0, 0.1) is 30.9 Å². The zero-order valence-electron chi connectivity index (χ0n) is 22.5. The van der Waals surface area contributed by atoms with Crippen molar-refractivity contribution in [3.63, 3.8) is 0 Å². The van der Waals surface area contributed by atoms with Gasteiger partial charge in [0.2, 0.25) is 0 Å². The molecule has 0 fully saturated rings. The zero-order chi connectivity index (χ0) is 28.6. The lowest BCUT2D eigenvalue weighted by Crippen LogP contribution is -2.32. The Morgan fingerprint density at radius 2 is 1.68 bits per heavy atom. The van der Waals surface area contributed by atoms with Gasteiger partial charge in [-0.3, -0.25) is 19.7 Å². The van der Waals surface area contributed by atoms with Gasteiger partial charge in [-0.1, -0.05) is 42.0 Å². The van der Waals surface area contributed by atoms with Gasteiger partial charge in [-0.05, 0) is 63.1 Å². The van der Waals surface area contributed by atoms with Crippen molar-refractivity contribution in [2.24, 2.45) is 0 Å². The molecular weight excluding hydrogens is 508 g/mol. The predicted octanol–water partition coefficient (Wildman–Crippen LogP) is 5.90. The highest BCUT2D eigenvalue weighted by molar-refractivity contribution is 6.09. The van der Waals surface area contributed by atoms with Gasteiger partial charge in [0, 0.05) is 23.1 Å². The molecule has 3 aromatic carbocycles. The SMILES string of the molecule is CC1=C(C(=O)Nc2ccc(C)cc2C)[C@@H](c2ccccc2[N+](=O)[O-])n2ncc(C(=O)Nc3cccc(C)c3)c2N1. The first kappa shape index (κ1) is 26.4. The van der Waals surface area contributed by atoms with E-state index in [1.807, 2.05) is 57.2 Å². The number of benzene rings is 3. The summed E-state index contributed by atoms with van der Waals surface area (Å²) in [4.78, 5) is 38.6. The number of nitro groups is 1. The standard InChI is InChI=1S/C30H28N6O4/c1-17-8-7-9-21(15-17)33-29(37)23-16-31-35-27(22-10-5-6-11-25(22)36(39)40)26(20(4)32-28(23)35)30(38)34-24-13-12-18(2)14-19(24)3/h5-16,27,32H,1-4H3,(H,33,37)(H,34,38)/t27-/m1/s1. The summed E-state index contributed by atoms with van der Waals surface area (Å²) in [5, 5.41) is 25.5. The number of carbonyl (C=O) groups is 2. The number of hydrogen-bond donors (Lipinski definition) is 3. The van der Waals surface area contributed by atoms with E-state index >= 15 is 0 Å². The van der Waals surface area contributed by atoms with Gasteiger partial charge in [-0.15, -0.1) is 0 Å². The van der Waals surface area contributed by atoms with Crippen LogP contribution in [0.4, 0.5) is 22.9 Å². The van der Waals surface area contributed by atoms with Crippen molar-refractivity contribution in [3.05, 3.63) is 122 Å². The highest BCUT2D eigenvalue weighted by Gasteiger charge is 2.38. The highest BCUT2D eigenvalue weighted by atomic mass is 16.6. The second-order valence-corrected chi connectivity index (χ2v) is 9.83. The molecule has 4 aromatic rings. The van der Waals surface area contributed by atoms with Gasteiger partial charge in [0.1, 0.15) is 17.4 Å². The van der Waals surface area contributed by atoms with E-state index in [2.05, 4.69) is 21.0 Å². The maximum absolute atomic E-state index is 13.8. The van der Waals surface area contributed by atoms with Crippen LogP contribution in [0.5, 0.6) is 0 Å². The second kappa shape index (κ2) is 10.5. The van der Waals surface area contributed by atoms with E-state index in [1.54, 1.807) is 31.2 Å². The fraction of sp³-hybridized carbons (Fsp3) is 0.167. The quantitative estimate of drug-likeness (QED) is 0.208. The lowest BCUT2D eigenvalue weighted by atomic mass is 9.93. The third-order valence-electron chi connectivity index (χ3n) is 6.85. The van der Waals surface area contributed by atoms with Crippen LogP contribution in [0.15, 0.2) is 84.2 Å². The van der Waals surface area contributed by atoms with Crippen LogP contribution in [0.1, 0.15) is 45.6 Å². The molecule has 2 heterocycles. The second-order valence-electron chi connectivity index (χ2n) is 9.83. The monoisotopic (exact) mass is 536 g/mol. The van der Waals surface area contributed by atoms with Crippen LogP contribution in [0.2, 0.25) is 0 Å². The highest BCUT2D eigenvalue weighted by Crippen LogP contribution is 2.41. The van der Waals surface area contributed by atoms with Crippen molar-refractivity contribution < 1.29 is 14.5 Å². The minimum atomic E-state index is -0.968. The predicted molar refractivity (Wildman–Crippen MR) is 153 cm³/mol. The Hall–Kier alpha value is -5.25. The van der Waals surface area contributed by atoms with Crippen molar-refractivity contribution >= 4 is 34.7 Å². The van der Waals surface area contributed by atoms with Gasteiger partial charge in [0.25, 0.3) is 17.5 Å². The lowest BCUT2D eigenvalue weighted by molar-refractivity contribution is -0.385. The molecule has 3 N–H and O–H groups in total. The molecule has 2 amide bonds. The minimum absolute atomic E-state index is 0.161. The molecule has 10 nitrogen and oxygen atoms in total. The maximum atomic E-state index is 13.8. The van der Waals surface area contributed by atoms with Crippen LogP contribution >= 0.6 is 0 Å². The third kappa shape index (κ3) is 4.94. The number of carbonyl (C=O) groups excluding carboxylic acids is 2. The number of aryl methyl sites for hydroxylation is 3. The van der Waals surface area contributed by atoms with Gasteiger partial charge >= 0.3 is 0 Å². The number of nitro benzene ring substituents is 1. The van der Waals surface area contributed by atoms with Crippen molar-refractivity contribution in [1.29, 1.82) is 0 Å². The number of nitrogens with one attached hydrogen (secondary N) is 3. The Morgan fingerprint density at radius 1 is 0.925 bits per heavy atom. The van der Waals surface area contributed by atoms with Crippen molar-refractivity contribution in [1.82, 2.24) is 9.78 Å². The van der Waals surface area contributed by atoms with E-state index in [0.717, 1.165) is 16.7 Å². The molecule has 0 spiro atoms. The molecule has 0 radical (unpaired) electrons. The summed E-state index contributed by atoms with van der Waals surface area (Å²) in [7, 11) is 0. The molecule has 0 bridgehead atoms. The van der Waals surface area contributed by atoms with E-state index in [0.29, 0.717) is 22.9 Å². The van der Waals surface area contributed by atoms with E-state index in [9.17, 15) is 19.7 Å². The Morgan fingerprint density at radius 3 is 2.40 bits per heavy atom. The molecule has 0 unspecified atom stereocenters. The van der Waals surface area contributed by atoms with Crippen molar-refractivity contribution in [2.75, 3.05) is 16.0 Å². The average Bonchev–Trinajstić information content (AvgIpc) is 3.33. The summed E-state index contributed by atoms with van der Waals surface area (Å²) >= 11 is 0. The van der Waals surface area contributed by atoms with Crippen molar-refractivity contribution in [2.45, 2.75) is 33.7 Å². The van der Waals surface area contributed by atoms with Crippen molar-refractivity contribution in [3.8, 4) is 0 Å². The molecule has 1 aliphatic heterocycles. The number of allylic oxidation sites excluding steroid dienone is 1. The Bertz CT molecular complexity index is 1700. The fourth-order valence-corrected chi connectivity index (χ4v) is 4.95.